The molecule has 2 rings (SSSR count). The van der Waals surface area contributed by atoms with Gasteiger partial charge in [-0.2, -0.15) is 0 Å². The van der Waals surface area contributed by atoms with Crippen LogP contribution in [0.3, 0.4) is 0 Å². The van der Waals surface area contributed by atoms with Crippen molar-refractivity contribution >= 4 is 5.97 Å². The predicted molar refractivity (Wildman–Crippen MR) is 64.6 cm³/mol. The smallest absolute Gasteiger partial charge is 0.321 e. The number of hydrogen-bond acceptors (Lipinski definition) is 4. The van der Waals surface area contributed by atoms with Gasteiger partial charge in [0, 0.05) is 18.0 Å². The van der Waals surface area contributed by atoms with E-state index in [9.17, 15) is 4.79 Å². The lowest BCUT2D eigenvalue weighted by Gasteiger charge is -2.07. The third-order valence-electron chi connectivity index (χ3n) is 2.27. The number of hydrogen-bond donors (Lipinski definition) is 1. The summed E-state index contributed by atoms with van der Waals surface area (Å²) in [5, 5.41) is 8.81. The monoisotopic (exact) mass is 244 g/mol. The molecule has 0 amide bonds. The van der Waals surface area contributed by atoms with Gasteiger partial charge in [0.2, 0.25) is 0 Å². The number of aromatic nitrogens is 2. The van der Waals surface area contributed by atoms with Gasteiger partial charge in [0.05, 0.1) is 6.42 Å². The van der Waals surface area contributed by atoms with Crippen LogP contribution in [0.15, 0.2) is 36.7 Å². The fourth-order valence-electron chi connectivity index (χ4n) is 1.44. The van der Waals surface area contributed by atoms with Crippen LogP contribution in [0.5, 0.6) is 11.8 Å². The van der Waals surface area contributed by atoms with Crippen LogP contribution >= 0.6 is 0 Å². The summed E-state index contributed by atoms with van der Waals surface area (Å²) in [7, 11) is 0. The fourth-order valence-corrected chi connectivity index (χ4v) is 1.44. The molecule has 0 aliphatic rings. The summed E-state index contributed by atoms with van der Waals surface area (Å²) >= 11 is 0. The molecular formula is C13H12N2O3. The van der Waals surface area contributed by atoms with Gasteiger partial charge in [-0.3, -0.25) is 4.79 Å². The maximum Gasteiger partial charge on any atom is 0.321 e. The van der Waals surface area contributed by atoms with Gasteiger partial charge in [-0.1, -0.05) is 18.2 Å². The normalized spacial score (nSPS) is 10.1. The van der Waals surface area contributed by atoms with E-state index in [4.69, 9.17) is 9.84 Å². The zero-order valence-electron chi connectivity index (χ0n) is 9.83. The van der Waals surface area contributed by atoms with Crippen LogP contribution in [-0.2, 0) is 11.2 Å². The van der Waals surface area contributed by atoms with E-state index in [1.165, 1.54) is 0 Å². The van der Waals surface area contributed by atoms with Crippen molar-refractivity contribution in [3.05, 3.63) is 47.8 Å². The maximum atomic E-state index is 10.7. The highest BCUT2D eigenvalue weighted by Gasteiger charge is 2.09. The van der Waals surface area contributed by atoms with Crippen molar-refractivity contribution in [1.29, 1.82) is 0 Å². The molecule has 5 heteroatoms. The lowest BCUT2D eigenvalue weighted by atomic mass is 10.1. The molecule has 0 radical (unpaired) electrons. The van der Waals surface area contributed by atoms with E-state index in [2.05, 4.69) is 9.97 Å². The van der Waals surface area contributed by atoms with Crippen LogP contribution in [0.1, 0.15) is 11.1 Å². The second-order valence-corrected chi connectivity index (χ2v) is 3.82. The summed E-state index contributed by atoms with van der Waals surface area (Å²) < 4.78 is 5.48. The molecule has 0 aliphatic heterocycles. The molecule has 1 aromatic carbocycles. The summed E-state index contributed by atoms with van der Waals surface area (Å²) in [5.74, 6) is -0.445. The molecule has 92 valence electrons. The largest absolute Gasteiger partial charge is 0.481 e. The molecule has 0 aliphatic carbocycles. The van der Waals surface area contributed by atoms with Crippen molar-refractivity contribution in [1.82, 2.24) is 9.97 Å². The molecule has 2 aromatic rings. The zero-order chi connectivity index (χ0) is 13.0. The molecule has 1 N–H and O–H groups in total. The van der Waals surface area contributed by atoms with E-state index >= 15 is 0 Å². The Morgan fingerprint density at radius 2 is 1.94 bits per heavy atom. The number of carbonyl (C=O) groups is 1. The second kappa shape index (κ2) is 5.27. The summed E-state index contributed by atoms with van der Waals surface area (Å²) in [6.45, 7) is 1.88. The molecular weight excluding hydrogens is 232 g/mol. The third kappa shape index (κ3) is 3.04. The number of ether oxygens (including phenoxy) is 1. The lowest BCUT2D eigenvalue weighted by Crippen LogP contribution is -2.02. The first-order valence-electron chi connectivity index (χ1n) is 5.41. The van der Waals surface area contributed by atoms with E-state index in [1.54, 1.807) is 36.7 Å². The molecule has 0 spiro atoms. The Hall–Kier alpha value is -2.43. The number of aliphatic carboxylic acids is 1. The van der Waals surface area contributed by atoms with E-state index in [-0.39, 0.29) is 12.4 Å². The highest BCUT2D eigenvalue weighted by Crippen LogP contribution is 2.22. The van der Waals surface area contributed by atoms with Gasteiger partial charge in [0.1, 0.15) is 5.75 Å². The van der Waals surface area contributed by atoms with Gasteiger partial charge in [0.15, 0.2) is 0 Å². The average molecular weight is 244 g/mol. The minimum atomic E-state index is -0.907. The summed E-state index contributed by atoms with van der Waals surface area (Å²) in [5.41, 5.74) is 1.52. The highest BCUT2D eigenvalue weighted by atomic mass is 16.5. The molecule has 0 bridgehead atoms. The van der Waals surface area contributed by atoms with Crippen LogP contribution in [0.2, 0.25) is 0 Å². The molecule has 18 heavy (non-hydrogen) atoms. The first kappa shape index (κ1) is 12.0. The minimum Gasteiger partial charge on any atom is -0.481 e. The first-order valence-corrected chi connectivity index (χ1v) is 5.41. The van der Waals surface area contributed by atoms with Crippen molar-refractivity contribution in [2.24, 2.45) is 0 Å². The van der Waals surface area contributed by atoms with Crippen molar-refractivity contribution in [2.45, 2.75) is 13.3 Å². The number of para-hydroxylation sites is 1. The average Bonchev–Trinajstić information content (AvgIpc) is 2.34. The lowest BCUT2D eigenvalue weighted by molar-refractivity contribution is -0.136. The van der Waals surface area contributed by atoms with Crippen LogP contribution in [0, 0.1) is 6.92 Å². The van der Waals surface area contributed by atoms with Crippen molar-refractivity contribution < 1.29 is 14.6 Å². The third-order valence-corrected chi connectivity index (χ3v) is 2.27. The van der Waals surface area contributed by atoms with Crippen molar-refractivity contribution in [3.63, 3.8) is 0 Å². The molecule has 1 heterocycles. The number of nitrogens with zero attached hydrogens (tertiary/aromatic N) is 2. The summed E-state index contributed by atoms with van der Waals surface area (Å²) in [4.78, 5) is 18.8. The number of carboxylic acid groups (broad SMARTS) is 1. The van der Waals surface area contributed by atoms with Gasteiger partial charge >= 0.3 is 12.0 Å². The molecule has 0 saturated carbocycles. The standard InChI is InChI=1S/C13H12N2O3/c1-9-7-14-13(15-8-9)18-11-5-3-2-4-10(11)6-12(16)17/h2-5,7-8H,6H2,1H3,(H,16,17). The molecule has 0 fully saturated rings. The van der Waals surface area contributed by atoms with E-state index in [1.807, 2.05) is 6.92 Å². The summed E-state index contributed by atoms with van der Waals surface area (Å²) in [6, 6.07) is 7.15. The highest BCUT2D eigenvalue weighted by molar-refractivity contribution is 5.71. The van der Waals surface area contributed by atoms with Crippen LogP contribution in [0.25, 0.3) is 0 Å². The van der Waals surface area contributed by atoms with E-state index in [0.717, 1.165) is 5.56 Å². The number of aryl methyl sites for hydroxylation is 1. The van der Waals surface area contributed by atoms with Gasteiger partial charge in [-0.25, -0.2) is 9.97 Å². The van der Waals surface area contributed by atoms with Crippen molar-refractivity contribution in [3.8, 4) is 11.8 Å². The number of rotatable bonds is 4. The van der Waals surface area contributed by atoms with Gasteiger partial charge in [-0.15, -0.1) is 0 Å². The molecule has 5 nitrogen and oxygen atoms in total. The van der Waals surface area contributed by atoms with Crippen molar-refractivity contribution in [2.75, 3.05) is 0 Å². The predicted octanol–water partition coefficient (Wildman–Crippen LogP) is 2.20. The Labute approximate surface area is 104 Å². The van der Waals surface area contributed by atoms with Gasteiger partial charge in [0.25, 0.3) is 0 Å². The SMILES string of the molecule is Cc1cnc(Oc2ccccc2CC(=O)O)nc1. The molecule has 0 saturated heterocycles. The first-order chi connectivity index (χ1) is 8.65. The van der Waals surface area contributed by atoms with Gasteiger partial charge in [-0.05, 0) is 18.6 Å². The van der Waals surface area contributed by atoms with Crippen LogP contribution in [0.4, 0.5) is 0 Å². The molecule has 0 atom stereocenters. The van der Waals surface area contributed by atoms with Gasteiger partial charge < -0.3 is 9.84 Å². The van der Waals surface area contributed by atoms with Crippen LogP contribution in [-0.4, -0.2) is 21.0 Å². The molecule has 0 unspecified atom stereocenters. The topological polar surface area (TPSA) is 72.3 Å². The Morgan fingerprint density at radius 1 is 1.28 bits per heavy atom. The minimum absolute atomic E-state index is 0.0952. The Kier molecular flexibility index (Phi) is 3.52. The van der Waals surface area contributed by atoms with E-state index < -0.39 is 5.97 Å². The fraction of sp³-hybridized carbons (Fsp3) is 0.154. The molecule has 1 aromatic heterocycles. The Balaban J connectivity index is 2.23. The Morgan fingerprint density at radius 3 is 2.61 bits per heavy atom. The second-order valence-electron chi connectivity index (χ2n) is 3.82. The maximum absolute atomic E-state index is 10.7. The van der Waals surface area contributed by atoms with Crippen LogP contribution < -0.4 is 4.74 Å². The summed E-state index contributed by atoms with van der Waals surface area (Å²) in [6.07, 6.45) is 3.19. The Bertz CT molecular complexity index is 552. The zero-order valence-corrected chi connectivity index (χ0v) is 9.83. The quantitative estimate of drug-likeness (QED) is 0.892. The van der Waals surface area contributed by atoms with E-state index in [0.29, 0.717) is 11.3 Å². The number of benzene rings is 1. The number of carboxylic acids is 1.